The Balaban J connectivity index is 2.86. The first-order valence-corrected chi connectivity index (χ1v) is 8.31. The fourth-order valence-corrected chi connectivity index (χ4v) is 4.09. The van der Waals surface area contributed by atoms with Crippen LogP contribution in [-0.2, 0) is 4.74 Å². The maximum absolute atomic E-state index is 6.36. The van der Waals surface area contributed by atoms with Gasteiger partial charge in [0.2, 0.25) is 0 Å². The van der Waals surface area contributed by atoms with Crippen LogP contribution in [0.15, 0.2) is 0 Å². The van der Waals surface area contributed by atoms with Crippen molar-refractivity contribution in [2.75, 3.05) is 40.8 Å². The van der Waals surface area contributed by atoms with Gasteiger partial charge in [-0.15, -0.1) is 0 Å². The average molecular weight is 300 g/mol. The minimum Gasteiger partial charge on any atom is -0.368 e. The number of hydrogen-bond donors (Lipinski definition) is 1. The van der Waals surface area contributed by atoms with Crippen molar-refractivity contribution >= 4 is 0 Å². The molecule has 0 spiro atoms. The molecule has 4 heteroatoms. The van der Waals surface area contributed by atoms with E-state index in [2.05, 4.69) is 77.8 Å². The lowest BCUT2D eigenvalue weighted by Crippen LogP contribution is -2.52. The Bertz CT molecular complexity index is 328. The lowest BCUT2D eigenvalue weighted by molar-refractivity contribution is -0.0800. The van der Waals surface area contributed by atoms with Crippen LogP contribution in [0.3, 0.4) is 0 Å². The molecule has 126 valence electrons. The van der Waals surface area contributed by atoms with Gasteiger partial charge in [-0.25, -0.2) is 0 Å². The standard InChI is InChI=1S/C17H37N3O/c1-10-20(13(2)11-19(8)9)12-14-15(18-7)17(5,6)21-16(14,3)4/h13-15,18H,10-12H2,1-9H3. The van der Waals surface area contributed by atoms with Crippen molar-refractivity contribution in [2.24, 2.45) is 5.92 Å². The molecule has 0 aromatic rings. The molecule has 1 N–H and O–H groups in total. The van der Waals surface area contributed by atoms with Gasteiger partial charge in [-0.05, 0) is 62.3 Å². The molecule has 1 saturated heterocycles. The zero-order chi connectivity index (χ0) is 16.4. The van der Waals surface area contributed by atoms with Gasteiger partial charge in [0, 0.05) is 31.1 Å². The monoisotopic (exact) mass is 299 g/mol. The molecule has 1 rings (SSSR count). The fraction of sp³-hybridized carbons (Fsp3) is 1.00. The Kier molecular flexibility index (Phi) is 6.25. The molecule has 1 aliphatic rings. The maximum atomic E-state index is 6.36. The highest BCUT2D eigenvalue weighted by Gasteiger charge is 2.53. The van der Waals surface area contributed by atoms with E-state index in [-0.39, 0.29) is 11.2 Å². The van der Waals surface area contributed by atoms with Crippen LogP contribution in [0.4, 0.5) is 0 Å². The Morgan fingerprint density at radius 2 is 1.71 bits per heavy atom. The lowest BCUT2D eigenvalue weighted by atomic mass is 9.82. The Labute approximate surface area is 132 Å². The lowest BCUT2D eigenvalue weighted by Gasteiger charge is -2.37. The highest BCUT2D eigenvalue weighted by atomic mass is 16.5. The first kappa shape index (κ1) is 18.9. The third-order valence-corrected chi connectivity index (χ3v) is 4.97. The van der Waals surface area contributed by atoms with Gasteiger partial charge in [0.15, 0.2) is 0 Å². The zero-order valence-corrected chi connectivity index (χ0v) is 15.7. The Morgan fingerprint density at radius 1 is 1.14 bits per heavy atom. The fourth-order valence-electron chi connectivity index (χ4n) is 4.09. The van der Waals surface area contributed by atoms with E-state index in [4.69, 9.17) is 4.74 Å². The molecular formula is C17H37N3O. The molecule has 0 bridgehead atoms. The summed E-state index contributed by atoms with van der Waals surface area (Å²) in [4.78, 5) is 4.85. The predicted octanol–water partition coefficient (Wildman–Crippen LogP) is 2.05. The maximum Gasteiger partial charge on any atom is 0.0790 e. The van der Waals surface area contributed by atoms with Crippen molar-refractivity contribution in [1.29, 1.82) is 0 Å². The second kappa shape index (κ2) is 6.95. The smallest absolute Gasteiger partial charge is 0.0790 e. The summed E-state index contributed by atoms with van der Waals surface area (Å²) >= 11 is 0. The molecule has 3 unspecified atom stereocenters. The second-order valence-electron chi connectivity index (χ2n) is 7.88. The summed E-state index contributed by atoms with van der Waals surface area (Å²) in [6, 6.07) is 0.940. The summed E-state index contributed by atoms with van der Waals surface area (Å²) < 4.78 is 6.36. The Hall–Kier alpha value is -0.160. The van der Waals surface area contributed by atoms with E-state index >= 15 is 0 Å². The molecule has 0 aliphatic carbocycles. The van der Waals surface area contributed by atoms with Gasteiger partial charge in [0.25, 0.3) is 0 Å². The summed E-state index contributed by atoms with van der Waals surface area (Å²) in [6.07, 6.45) is 0. The van der Waals surface area contributed by atoms with Crippen LogP contribution in [-0.4, -0.2) is 73.9 Å². The predicted molar refractivity (Wildman–Crippen MR) is 90.8 cm³/mol. The van der Waals surface area contributed by atoms with E-state index in [1.807, 2.05) is 0 Å². The number of ether oxygens (including phenoxy) is 1. The largest absolute Gasteiger partial charge is 0.368 e. The number of rotatable bonds is 7. The number of nitrogens with zero attached hydrogens (tertiary/aromatic N) is 2. The van der Waals surface area contributed by atoms with Crippen LogP contribution < -0.4 is 5.32 Å². The van der Waals surface area contributed by atoms with E-state index in [0.717, 1.165) is 19.6 Å². The van der Waals surface area contributed by atoms with Crippen molar-refractivity contribution in [1.82, 2.24) is 15.1 Å². The van der Waals surface area contributed by atoms with E-state index in [1.165, 1.54) is 0 Å². The first-order valence-electron chi connectivity index (χ1n) is 8.31. The molecule has 0 amide bonds. The van der Waals surface area contributed by atoms with E-state index < -0.39 is 0 Å². The highest BCUT2D eigenvalue weighted by molar-refractivity contribution is 5.06. The van der Waals surface area contributed by atoms with Gasteiger partial charge in [-0.3, -0.25) is 4.90 Å². The third kappa shape index (κ3) is 4.41. The molecule has 4 nitrogen and oxygen atoms in total. The summed E-state index contributed by atoms with van der Waals surface area (Å²) in [7, 11) is 6.35. The SMILES string of the molecule is CCN(CC1C(NC)C(C)(C)OC1(C)C)C(C)CN(C)C. The normalized spacial score (nSPS) is 29.3. The number of hydrogen-bond acceptors (Lipinski definition) is 4. The quantitative estimate of drug-likeness (QED) is 0.779. The molecule has 3 atom stereocenters. The zero-order valence-electron chi connectivity index (χ0n) is 15.7. The molecule has 1 heterocycles. The first-order chi connectivity index (χ1) is 9.55. The Morgan fingerprint density at radius 3 is 2.14 bits per heavy atom. The summed E-state index contributed by atoms with van der Waals surface area (Å²) in [5.41, 5.74) is -0.213. The molecular weight excluding hydrogens is 262 g/mol. The van der Waals surface area contributed by atoms with Crippen molar-refractivity contribution in [3.8, 4) is 0 Å². The van der Waals surface area contributed by atoms with Crippen molar-refractivity contribution in [2.45, 2.75) is 64.8 Å². The van der Waals surface area contributed by atoms with Gasteiger partial charge in [-0.2, -0.15) is 0 Å². The van der Waals surface area contributed by atoms with Gasteiger partial charge in [0.1, 0.15) is 0 Å². The third-order valence-electron chi connectivity index (χ3n) is 4.97. The molecule has 0 aromatic carbocycles. The van der Waals surface area contributed by atoms with E-state index in [9.17, 15) is 0 Å². The molecule has 21 heavy (non-hydrogen) atoms. The summed E-state index contributed by atoms with van der Waals surface area (Å²) in [6.45, 7) is 16.7. The number of nitrogens with one attached hydrogen (secondary N) is 1. The van der Waals surface area contributed by atoms with Crippen LogP contribution in [0.1, 0.15) is 41.5 Å². The van der Waals surface area contributed by atoms with Crippen LogP contribution in [0.25, 0.3) is 0 Å². The molecule has 0 aromatic heterocycles. The van der Waals surface area contributed by atoms with E-state index in [0.29, 0.717) is 18.0 Å². The van der Waals surface area contributed by atoms with Gasteiger partial charge >= 0.3 is 0 Å². The topological polar surface area (TPSA) is 27.7 Å². The minimum absolute atomic E-state index is 0.0948. The van der Waals surface area contributed by atoms with Crippen molar-refractivity contribution in [3.05, 3.63) is 0 Å². The van der Waals surface area contributed by atoms with Gasteiger partial charge in [-0.1, -0.05) is 6.92 Å². The summed E-state index contributed by atoms with van der Waals surface area (Å²) in [5.74, 6) is 0.488. The van der Waals surface area contributed by atoms with Crippen LogP contribution in [0.5, 0.6) is 0 Å². The van der Waals surface area contributed by atoms with Crippen LogP contribution >= 0.6 is 0 Å². The molecule has 1 aliphatic heterocycles. The highest BCUT2D eigenvalue weighted by Crippen LogP contribution is 2.42. The van der Waals surface area contributed by atoms with Crippen molar-refractivity contribution in [3.63, 3.8) is 0 Å². The average Bonchev–Trinajstić information content (AvgIpc) is 2.48. The summed E-state index contributed by atoms with van der Waals surface area (Å²) in [5, 5.41) is 3.51. The van der Waals surface area contributed by atoms with Gasteiger partial charge in [0.05, 0.1) is 11.2 Å². The molecule has 1 fully saturated rings. The van der Waals surface area contributed by atoms with Crippen LogP contribution in [0.2, 0.25) is 0 Å². The van der Waals surface area contributed by atoms with E-state index in [1.54, 1.807) is 0 Å². The minimum atomic E-state index is -0.118. The van der Waals surface area contributed by atoms with Crippen LogP contribution in [0, 0.1) is 5.92 Å². The van der Waals surface area contributed by atoms with Crippen molar-refractivity contribution < 1.29 is 4.74 Å². The molecule has 0 radical (unpaired) electrons. The van der Waals surface area contributed by atoms with Gasteiger partial charge < -0.3 is 15.0 Å². The molecule has 0 saturated carbocycles. The number of likely N-dealkylation sites (N-methyl/N-ethyl adjacent to an activating group) is 3. The second-order valence-corrected chi connectivity index (χ2v) is 7.88.